The van der Waals surface area contributed by atoms with E-state index in [4.69, 9.17) is 0 Å². The molecule has 1 atom stereocenters. The van der Waals surface area contributed by atoms with Gasteiger partial charge in [0.2, 0.25) is 0 Å². The van der Waals surface area contributed by atoms with Crippen LogP contribution in [0, 0.1) is 0 Å². The highest BCUT2D eigenvalue weighted by atomic mass is 32.2. The number of carbonyl (C=O) groups excluding carboxylic acids is 1. The number of benzene rings is 3. The Morgan fingerprint density at radius 2 is 1.63 bits per heavy atom. The summed E-state index contributed by atoms with van der Waals surface area (Å²) in [6, 6.07) is 21.8. The highest BCUT2D eigenvalue weighted by molar-refractivity contribution is 7.92. The van der Waals surface area contributed by atoms with E-state index in [-0.39, 0.29) is 16.8 Å². The summed E-state index contributed by atoms with van der Waals surface area (Å²) in [5, 5.41) is 0. The Kier molecular flexibility index (Phi) is 4.40. The third-order valence-corrected chi connectivity index (χ3v) is 7.84. The van der Waals surface area contributed by atoms with Gasteiger partial charge < -0.3 is 4.90 Å². The first-order valence-corrected chi connectivity index (χ1v) is 11.5. The van der Waals surface area contributed by atoms with Crippen LogP contribution in [0.2, 0.25) is 0 Å². The van der Waals surface area contributed by atoms with Gasteiger partial charge in [-0.15, -0.1) is 0 Å². The minimum Gasteiger partial charge on any atom is -0.308 e. The number of hydrogen-bond donors (Lipinski definition) is 0. The van der Waals surface area contributed by atoms with Crippen molar-refractivity contribution in [1.29, 1.82) is 0 Å². The van der Waals surface area contributed by atoms with Gasteiger partial charge in [-0.1, -0.05) is 36.4 Å². The monoisotopic (exact) mass is 418 g/mol. The van der Waals surface area contributed by atoms with Crippen LogP contribution >= 0.6 is 0 Å². The van der Waals surface area contributed by atoms with E-state index in [0.717, 1.165) is 22.5 Å². The zero-order valence-electron chi connectivity index (χ0n) is 16.7. The second-order valence-electron chi connectivity index (χ2n) is 7.85. The number of rotatable bonds is 3. The van der Waals surface area contributed by atoms with Crippen LogP contribution in [0.3, 0.4) is 0 Å². The lowest BCUT2D eigenvalue weighted by Gasteiger charge is -2.25. The maximum atomic E-state index is 13.5. The Morgan fingerprint density at radius 3 is 2.43 bits per heavy atom. The summed E-state index contributed by atoms with van der Waals surface area (Å²) in [7, 11) is -3.68. The van der Waals surface area contributed by atoms with Crippen molar-refractivity contribution >= 4 is 27.3 Å². The molecule has 3 aromatic carbocycles. The van der Waals surface area contributed by atoms with E-state index in [1.54, 1.807) is 35.2 Å². The van der Waals surface area contributed by atoms with Gasteiger partial charge in [0.15, 0.2) is 0 Å². The van der Waals surface area contributed by atoms with Crippen molar-refractivity contribution in [3.63, 3.8) is 0 Å². The van der Waals surface area contributed by atoms with Crippen molar-refractivity contribution in [3.05, 3.63) is 89.5 Å². The first-order chi connectivity index (χ1) is 14.5. The molecule has 6 heteroatoms. The molecular formula is C24H22N2O3S. The minimum atomic E-state index is -3.68. The third kappa shape index (κ3) is 2.91. The largest absolute Gasteiger partial charge is 0.308 e. The number of para-hydroxylation sites is 1. The first-order valence-electron chi connectivity index (χ1n) is 10.1. The van der Waals surface area contributed by atoms with E-state index < -0.39 is 10.0 Å². The van der Waals surface area contributed by atoms with Gasteiger partial charge in [-0.2, -0.15) is 0 Å². The average Bonchev–Trinajstić information content (AvgIpc) is 3.33. The van der Waals surface area contributed by atoms with Gasteiger partial charge in [0, 0.05) is 23.8 Å². The number of anilines is 2. The summed E-state index contributed by atoms with van der Waals surface area (Å²) in [5.41, 5.74) is 4.11. The van der Waals surface area contributed by atoms with Gasteiger partial charge in [-0.25, -0.2) is 8.42 Å². The van der Waals surface area contributed by atoms with E-state index in [0.29, 0.717) is 24.9 Å². The minimum absolute atomic E-state index is 0.0629. The van der Waals surface area contributed by atoms with Crippen molar-refractivity contribution in [2.24, 2.45) is 0 Å². The molecule has 0 aromatic heterocycles. The van der Waals surface area contributed by atoms with Crippen LogP contribution in [0.1, 0.15) is 28.4 Å². The zero-order chi connectivity index (χ0) is 20.9. The normalized spacial score (nSPS) is 17.7. The number of fused-ring (bicyclic) bond motifs is 2. The molecule has 0 saturated carbocycles. The predicted molar refractivity (Wildman–Crippen MR) is 118 cm³/mol. The fraction of sp³-hybridized carbons (Fsp3) is 0.208. The molecule has 0 saturated heterocycles. The Labute approximate surface area is 176 Å². The number of sulfonamides is 1. The second kappa shape index (κ2) is 6.99. The van der Waals surface area contributed by atoms with Crippen molar-refractivity contribution in [1.82, 2.24) is 0 Å². The summed E-state index contributed by atoms with van der Waals surface area (Å²) in [5.74, 6) is -0.0629. The first kappa shape index (κ1) is 18.9. The number of hydrogen-bond acceptors (Lipinski definition) is 3. The average molecular weight is 419 g/mol. The smallest absolute Gasteiger partial charge is 0.264 e. The SMILES string of the molecule is CC1Cc2ccccc2N1S(=O)(=O)c1ccc2c(c1)CCN2C(=O)c1ccccc1. The highest BCUT2D eigenvalue weighted by Crippen LogP contribution is 2.38. The third-order valence-electron chi connectivity index (χ3n) is 5.91. The quantitative estimate of drug-likeness (QED) is 0.645. The summed E-state index contributed by atoms with van der Waals surface area (Å²) in [4.78, 5) is 14.9. The molecule has 0 N–H and O–H groups in total. The topological polar surface area (TPSA) is 57.7 Å². The van der Waals surface area contributed by atoms with Crippen LogP contribution in [0.4, 0.5) is 11.4 Å². The number of carbonyl (C=O) groups is 1. The molecule has 2 heterocycles. The van der Waals surface area contributed by atoms with E-state index in [2.05, 4.69) is 0 Å². The molecule has 5 rings (SSSR count). The predicted octanol–water partition coefficient (Wildman–Crippen LogP) is 4.03. The molecule has 1 unspecified atom stereocenters. The van der Waals surface area contributed by atoms with E-state index in [1.807, 2.05) is 49.4 Å². The lowest BCUT2D eigenvalue weighted by molar-refractivity contribution is 0.0989. The van der Waals surface area contributed by atoms with Crippen LogP contribution in [-0.4, -0.2) is 26.9 Å². The molecule has 0 radical (unpaired) electrons. The summed E-state index contributed by atoms with van der Waals surface area (Å²) >= 11 is 0. The van der Waals surface area contributed by atoms with Gasteiger partial charge in [-0.05, 0) is 67.3 Å². The van der Waals surface area contributed by atoms with Crippen LogP contribution < -0.4 is 9.21 Å². The van der Waals surface area contributed by atoms with Crippen LogP contribution in [0.25, 0.3) is 0 Å². The van der Waals surface area contributed by atoms with Crippen molar-refractivity contribution in [2.45, 2.75) is 30.7 Å². The lowest BCUT2D eigenvalue weighted by atomic mass is 10.1. The zero-order valence-corrected chi connectivity index (χ0v) is 17.5. The standard InChI is InChI=1S/C24H22N2O3S/c1-17-15-19-9-5-6-10-23(19)26(17)30(28,29)21-11-12-22-20(16-21)13-14-25(22)24(27)18-7-3-2-4-8-18/h2-12,16-17H,13-15H2,1H3. The van der Waals surface area contributed by atoms with Crippen molar-refractivity contribution in [2.75, 3.05) is 15.7 Å². The molecule has 0 bridgehead atoms. The van der Waals surface area contributed by atoms with E-state index in [1.165, 1.54) is 4.31 Å². The molecule has 0 aliphatic carbocycles. The van der Waals surface area contributed by atoms with Gasteiger partial charge in [0.1, 0.15) is 0 Å². The van der Waals surface area contributed by atoms with E-state index >= 15 is 0 Å². The summed E-state index contributed by atoms with van der Waals surface area (Å²) < 4.78 is 28.5. The van der Waals surface area contributed by atoms with Crippen LogP contribution in [0.15, 0.2) is 77.7 Å². The Balaban J connectivity index is 1.49. The van der Waals surface area contributed by atoms with Crippen LogP contribution in [-0.2, 0) is 22.9 Å². The molecule has 2 aliphatic rings. The lowest BCUT2D eigenvalue weighted by Crippen LogP contribution is -2.35. The van der Waals surface area contributed by atoms with E-state index in [9.17, 15) is 13.2 Å². The van der Waals surface area contributed by atoms with Gasteiger partial charge in [-0.3, -0.25) is 9.10 Å². The fourth-order valence-electron chi connectivity index (χ4n) is 4.50. The van der Waals surface area contributed by atoms with Gasteiger partial charge in [0.25, 0.3) is 15.9 Å². The molecular weight excluding hydrogens is 396 g/mol. The molecule has 2 aliphatic heterocycles. The molecule has 30 heavy (non-hydrogen) atoms. The highest BCUT2D eigenvalue weighted by Gasteiger charge is 2.36. The van der Waals surface area contributed by atoms with Crippen LogP contribution in [0.5, 0.6) is 0 Å². The number of amides is 1. The summed E-state index contributed by atoms with van der Waals surface area (Å²) in [6.45, 7) is 2.49. The Bertz CT molecular complexity index is 1240. The maximum absolute atomic E-state index is 13.5. The molecule has 152 valence electrons. The molecule has 1 amide bonds. The molecule has 0 spiro atoms. The van der Waals surface area contributed by atoms with Gasteiger partial charge in [0.05, 0.1) is 10.6 Å². The summed E-state index contributed by atoms with van der Waals surface area (Å²) in [6.07, 6.45) is 1.35. The number of nitrogens with zero attached hydrogens (tertiary/aromatic N) is 2. The second-order valence-corrected chi connectivity index (χ2v) is 9.66. The van der Waals surface area contributed by atoms with Gasteiger partial charge >= 0.3 is 0 Å². The van der Waals surface area contributed by atoms with Crippen molar-refractivity contribution < 1.29 is 13.2 Å². The van der Waals surface area contributed by atoms with Crippen molar-refractivity contribution in [3.8, 4) is 0 Å². The Morgan fingerprint density at radius 1 is 0.900 bits per heavy atom. The Hall–Kier alpha value is -3.12. The maximum Gasteiger partial charge on any atom is 0.264 e. The molecule has 5 nitrogen and oxygen atoms in total. The molecule has 0 fully saturated rings. The fourth-order valence-corrected chi connectivity index (χ4v) is 6.25. The molecule has 3 aromatic rings.